The molecule has 0 radical (unpaired) electrons. The number of hydrogen-bond donors (Lipinski definition) is 1. The summed E-state index contributed by atoms with van der Waals surface area (Å²) in [6, 6.07) is 7.67. The van der Waals surface area contributed by atoms with Crippen LogP contribution in [0.25, 0.3) is 5.69 Å². The molecule has 2 aromatic rings. The van der Waals surface area contributed by atoms with E-state index in [1.807, 2.05) is 33.7 Å². The molecule has 0 bridgehead atoms. The molecule has 1 N–H and O–H groups in total. The topological polar surface area (TPSA) is 63.1 Å². The predicted octanol–water partition coefficient (Wildman–Crippen LogP) is 2.29. The molecule has 7 heteroatoms. The molecule has 3 heterocycles. The summed E-state index contributed by atoms with van der Waals surface area (Å²) >= 11 is 0. The van der Waals surface area contributed by atoms with Gasteiger partial charge in [-0.05, 0) is 68.5 Å². The van der Waals surface area contributed by atoms with Crippen molar-refractivity contribution in [1.29, 1.82) is 0 Å². The number of amides is 1. The van der Waals surface area contributed by atoms with Crippen LogP contribution < -0.4 is 5.32 Å². The highest BCUT2D eigenvalue weighted by molar-refractivity contribution is 5.94. The zero-order valence-electron chi connectivity index (χ0n) is 14.2. The minimum Gasteiger partial charge on any atom is -0.339 e. The predicted molar refractivity (Wildman–Crippen MR) is 98.3 cm³/mol. The van der Waals surface area contributed by atoms with E-state index in [1.165, 1.54) is 12.8 Å². The summed E-state index contributed by atoms with van der Waals surface area (Å²) in [5.74, 6) is 0.147. The number of piperidine rings is 2. The summed E-state index contributed by atoms with van der Waals surface area (Å²) in [6.45, 7) is 4.01. The molecule has 1 spiro atoms. The Morgan fingerprint density at radius 3 is 2.16 bits per heavy atom. The lowest BCUT2D eigenvalue weighted by atomic mass is 9.71. The zero-order valence-corrected chi connectivity index (χ0v) is 15.0. The van der Waals surface area contributed by atoms with E-state index in [-0.39, 0.29) is 18.3 Å². The fourth-order valence-corrected chi connectivity index (χ4v) is 3.93. The van der Waals surface area contributed by atoms with Gasteiger partial charge in [0.25, 0.3) is 5.91 Å². The molecule has 0 saturated carbocycles. The molecule has 0 aliphatic carbocycles. The number of carbonyl (C=O) groups excluding carboxylic acids is 1. The van der Waals surface area contributed by atoms with Crippen LogP contribution in [-0.2, 0) is 0 Å². The third-order valence-corrected chi connectivity index (χ3v) is 5.61. The van der Waals surface area contributed by atoms with Gasteiger partial charge < -0.3 is 10.2 Å². The van der Waals surface area contributed by atoms with Crippen LogP contribution in [-0.4, -0.2) is 51.8 Å². The first-order valence-electron chi connectivity index (χ1n) is 8.71. The van der Waals surface area contributed by atoms with Crippen LogP contribution >= 0.6 is 12.4 Å². The molecule has 4 rings (SSSR count). The van der Waals surface area contributed by atoms with Crippen molar-refractivity contribution in [3.63, 3.8) is 0 Å². The summed E-state index contributed by atoms with van der Waals surface area (Å²) in [5, 5.41) is 11.1. The van der Waals surface area contributed by atoms with Crippen LogP contribution in [0.15, 0.2) is 36.9 Å². The van der Waals surface area contributed by atoms with Crippen molar-refractivity contribution in [3.05, 3.63) is 42.5 Å². The van der Waals surface area contributed by atoms with E-state index in [0.717, 1.165) is 50.3 Å². The summed E-state index contributed by atoms with van der Waals surface area (Å²) in [7, 11) is 0. The lowest BCUT2D eigenvalue weighted by Gasteiger charge is -2.44. The van der Waals surface area contributed by atoms with Crippen molar-refractivity contribution in [2.75, 3.05) is 26.2 Å². The second-order valence-corrected chi connectivity index (χ2v) is 6.96. The Hall–Kier alpha value is -1.92. The van der Waals surface area contributed by atoms with Crippen LogP contribution in [0.1, 0.15) is 36.0 Å². The van der Waals surface area contributed by atoms with Gasteiger partial charge in [-0.2, -0.15) is 0 Å². The van der Waals surface area contributed by atoms with Crippen molar-refractivity contribution in [3.8, 4) is 5.69 Å². The van der Waals surface area contributed by atoms with Crippen LogP contribution in [0.2, 0.25) is 0 Å². The molecule has 2 aliphatic heterocycles. The van der Waals surface area contributed by atoms with Crippen LogP contribution in [0.5, 0.6) is 0 Å². The maximum atomic E-state index is 12.8. The molecule has 1 aromatic heterocycles. The first-order valence-corrected chi connectivity index (χ1v) is 8.71. The smallest absolute Gasteiger partial charge is 0.253 e. The molecule has 2 saturated heterocycles. The van der Waals surface area contributed by atoms with E-state index < -0.39 is 0 Å². The van der Waals surface area contributed by atoms with Crippen LogP contribution in [0.3, 0.4) is 0 Å². The molecule has 1 aromatic carbocycles. The average molecular weight is 362 g/mol. The molecule has 1 amide bonds. The molecular weight excluding hydrogens is 338 g/mol. The van der Waals surface area contributed by atoms with Crippen molar-refractivity contribution in [2.45, 2.75) is 25.7 Å². The number of benzene rings is 1. The van der Waals surface area contributed by atoms with Gasteiger partial charge in [0.05, 0.1) is 0 Å². The van der Waals surface area contributed by atoms with Gasteiger partial charge in [-0.3, -0.25) is 9.36 Å². The number of nitrogens with zero attached hydrogens (tertiary/aromatic N) is 4. The zero-order chi connectivity index (χ0) is 16.4. The van der Waals surface area contributed by atoms with Crippen LogP contribution in [0, 0.1) is 5.41 Å². The quantitative estimate of drug-likeness (QED) is 0.891. The second kappa shape index (κ2) is 7.54. The van der Waals surface area contributed by atoms with Crippen molar-refractivity contribution >= 4 is 18.3 Å². The third-order valence-electron chi connectivity index (χ3n) is 5.61. The van der Waals surface area contributed by atoms with E-state index in [1.54, 1.807) is 12.7 Å². The Kier molecular flexibility index (Phi) is 5.39. The molecule has 2 aliphatic rings. The largest absolute Gasteiger partial charge is 0.339 e. The summed E-state index contributed by atoms with van der Waals surface area (Å²) in [6.07, 6.45) is 8.09. The number of rotatable bonds is 2. The Morgan fingerprint density at radius 1 is 0.960 bits per heavy atom. The Labute approximate surface area is 154 Å². The fourth-order valence-electron chi connectivity index (χ4n) is 3.93. The number of halogens is 1. The van der Waals surface area contributed by atoms with Crippen LogP contribution in [0.4, 0.5) is 0 Å². The number of nitrogens with one attached hydrogen (secondary N) is 1. The summed E-state index contributed by atoms with van der Waals surface area (Å²) in [5.41, 5.74) is 2.19. The highest BCUT2D eigenvalue weighted by Crippen LogP contribution is 2.39. The summed E-state index contributed by atoms with van der Waals surface area (Å²) < 4.78 is 1.83. The molecule has 134 valence electrons. The van der Waals surface area contributed by atoms with Gasteiger partial charge in [-0.25, -0.2) is 0 Å². The van der Waals surface area contributed by atoms with Gasteiger partial charge in [0.1, 0.15) is 12.7 Å². The lowest BCUT2D eigenvalue weighted by molar-refractivity contribution is 0.0496. The number of likely N-dealkylation sites (tertiary alicyclic amines) is 1. The van der Waals surface area contributed by atoms with Gasteiger partial charge in [0.15, 0.2) is 0 Å². The molecule has 0 atom stereocenters. The number of carbonyl (C=O) groups is 1. The van der Waals surface area contributed by atoms with E-state index in [9.17, 15) is 4.79 Å². The minimum atomic E-state index is 0. The van der Waals surface area contributed by atoms with Crippen molar-refractivity contribution < 1.29 is 4.79 Å². The highest BCUT2D eigenvalue weighted by atomic mass is 35.5. The molecule has 2 fully saturated rings. The Morgan fingerprint density at radius 2 is 1.56 bits per heavy atom. The Bertz CT molecular complexity index is 685. The van der Waals surface area contributed by atoms with Gasteiger partial charge >= 0.3 is 0 Å². The van der Waals surface area contributed by atoms with E-state index in [2.05, 4.69) is 15.5 Å². The molecule has 0 unspecified atom stereocenters. The molecular formula is C18H24ClN5O. The van der Waals surface area contributed by atoms with E-state index in [0.29, 0.717) is 5.41 Å². The standard InChI is InChI=1S/C18H23N5O.ClH/c24-17(15-1-3-16(4-2-15)23-13-20-21-14-23)22-11-7-18(8-12-22)5-9-19-10-6-18;/h1-4,13-14,19H,5-12H2;1H. The minimum absolute atomic E-state index is 0. The van der Waals surface area contributed by atoms with Gasteiger partial charge in [0.2, 0.25) is 0 Å². The number of hydrogen-bond acceptors (Lipinski definition) is 4. The highest BCUT2D eigenvalue weighted by Gasteiger charge is 2.36. The van der Waals surface area contributed by atoms with Crippen molar-refractivity contribution in [2.24, 2.45) is 5.41 Å². The third kappa shape index (κ3) is 3.70. The lowest BCUT2D eigenvalue weighted by Crippen LogP contribution is -2.47. The molecule has 6 nitrogen and oxygen atoms in total. The maximum absolute atomic E-state index is 12.8. The fraction of sp³-hybridized carbons (Fsp3) is 0.500. The van der Waals surface area contributed by atoms with Gasteiger partial charge in [0, 0.05) is 24.3 Å². The Balaban J connectivity index is 0.00000182. The second-order valence-electron chi connectivity index (χ2n) is 6.96. The summed E-state index contributed by atoms with van der Waals surface area (Å²) in [4.78, 5) is 14.8. The van der Waals surface area contributed by atoms with E-state index >= 15 is 0 Å². The maximum Gasteiger partial charge on any atom is 0.253 e. The molecule has 25 heavy (non-hydrogen) atoms. The van der Waals surface area contributed by atoms with E-state index in [4.69, 9.17) is 0 Å². The first-order chi connectivity index (χ1) is 11.8. The average Bonchev–Trinajstić information content (AvgIpc) is 3.17. The SMILES string of the molecule is Cl.O=C(c1ccc(-n2cnnc2)cc1)N1CCC2(CCNCC2)CC1. The van der Waals surface area contributed by atoms with Gasteiger partial charge in [-0.15, -0.1) is 22.6 Å². The van der Waals surface area contributed by atoms with Gasteiger partial charge in [-0.1, -0.05) is 0 Å². The van der Waals surface area contributed by atoms with Crippen molar-refractivity contribution in [1.82, 2.24) is 25.0 Å². The normalized spacial score (nSPS) is 19.4. The first kappa shape index (κ1) is 17.9. The monoisotopic (exact) mass is 361 g/mol. The number of aromatic nitrogens is 3.